The molecule has 1 N–H and O–H groups in total. The van der Waals surface area contributed by atoms with E-state index in [9.17, 15) is 41.1 Å². The Morgan fingerprint density at radius 1 is 0.651 bits per heavy atom. The molecule has 5 heterocycles. The highest BCUT2D eigenvalue weighted by Gasteiger charge is 2.53. The van der Waals surface area contributed by atoms with Crippen molar-refractivity contribution < 1.29 is 82.7 Å². The first-order chi connectivity index (χ1) is 50.8. The lowest BCUT2D eigenvalue weighted by Crippen LogP contribution is -2.41. The normalized spacial score (nSPS) is 21.6. The molecule has 1 saturated heterocycles. The van der Waals surface area contributed by atoms with Gasteiger partial charge >= 0.3 is 34.7 Å². The Balaban J connectivity index is 0.000000193. The van der Waals surface area contributed by atoms with Crippen LogP contribution in [0.3, 0.4) is 0 Å². The van der Waals surface area contributed by atoms with Crippen LogP contribution < -0.4 is 9.47 Å². The van der Waals surface area contributed by atoms with Gasteiger partial charge in [-0.05, 0) is 307 Å². The number of aryl methyl sites for hydroxylation is 4. The summed E-state index contributed by atoms with van der Waals surface area (Å²) in [7, 11) is -1.97. The highest BCUT2D eigenvalue weighted by atomic mass is 79.9. The molecule has 0 radical (unpaired) electrons. The number of rotatable bonds is 14. The van der Waals surface area contributed by atoms with Crippen molar-refractivity contribution in [3.8, 4) is 33.8 Å². The lowest BCUT2D eigenvalue weighted by atomic mass is 9.71. The van der Waals surface area contributed by atoms with E-state index in [0.29, 0.717) is 34.2 Å². The first kappa shape index (κ1) is 89.9. The molecule has 0 amide bonds. The van der Waals surface area contributed by atoms with Gasteiger partial charge < -0.3 is 46.7 Å². The van der Waals surface area contributed by atoms with Crippen molar-refractivity contribution in [1.29, 1.82) is 0 Å². The fraction of sp³-hybridized carbons (Fsp3) is 0.627. The van der Waals surface area contributed by atoms with Gasteiger partial charge in [0.1, 0.15) is 21.9 Å². The van der Waals surface area contributed by atoms with Crippen molar-refractivity contribution >= 4 is 64.8 Å². The summed E-state index contributed by atoms with van der Waals surface area (Å²) >= 11 is 3.55. The summed E-state index contributed by atoms with van der Waals surface area (Å²) in [4.78, 5) is 35.3. The number of aromatic nitrogens is 4. The van der Waals surface area contributed by atoms with Crippen molar-refractivity contribution in [3.63, 3.8) is 0 Å². The summed E-state index contributed by atoms with van der Waals surface area (Å²) in [5, 5.41) is 19.5. The Morgan fingerprint density at radius 2 is 1.13 bits per heavy atom. The van der Waals surface area contributed by atoms with E-state index in [1.54, 1.807) is 29.4 Å². The molecule has 2 aromatic heterocycles. The fourth-order valence-corrected chi connectivity index (χ4v) is 16.1. The number of hydrogen-bond donors (Lipinski definition) is 1. The first-order valence-corrected chi connectivity index (χ1v) is 44.4. The van der Waals surface area contributed by atoms with Gasteiger partial charge in [-0.3, -0.25) is 14.2 Å². The number of halogens is 4. The topological polar surface area (TPSA) is 224 Å². The summed E-state index contributed by atoms with van der Waals surface area (Å²) in [6.07, 6.45) is 29.2. The van der Waals surface area contributed by atoms with E-state index in [2.05, 4.69) is 124 Å². The molecule has 2 aromatic carbocycles. The molecule has 26 heteroatoms. The summed E-state index contributed by atoms with van der Waals surface area (Å²) in [5.74, 6) is 3.73. The van der Waals surface area contributed by atoms with E-state index < -0.39 is 59.3 Å². The third-order valence-electron chi connectivity index (χ3n) is 19.8. The van der Waals surface area contributed by atoms with E-state index in [1.807, 2.05) is 78.9 Å². The van der Waals surface area contributed by atoms with Crippen LogP contribution in [0.15, 0.2) is 94.4 Å². The molecule has 5 aliphatic carbocycles. The van der Waals surface area contributed by atoms with E-state index >= 15 is 0 Å². The van der Waals surface area contributed by atoms with Gasteiger partial charge in [0.15, 0.2) is 18.0 Å². The highest BCUT2D eigenvalue weighted by Crippen LogP contribution is 2.45. The van der Waals surface area contributed by atoms with Crippen LogP contribution in [0.4, 0.5) is 13.2 Å². The Morgan fingerprint density at radius 3 is 1.59 bits per heavy atom. The molecule has 19 nitrogen and oxygen atoms in total. The number of fused-ring (bicyclic) bond motifs is 2. The summed E-state index contributed by atoms with van der Waals surface area (Å²) < 4.78 is 112. The molecule has 0 bridgehead atoms. The maximum Gasteiger partial charge on any atom is 0.534 e. The Kier molecular flexibility index (Phi) is 31.8. The number of alkyl halides is 3. The number of carboxylic acid groups (broad SMARTS) is 1. The highest BCUT2D eigenvalue weighted by molar-refractivity contribution is 9.10. The third-order valence-corrected chi connectivity index (χ3v) is 22.3. The minimum atomic E-state index is -5.49. The average Bonchev–Trinajstić information content (AvgIpc) is 1.63. The fourth-order valence-electron chi connectivity index (χ4n) is 14.0. The molecule has 12 rings (SSSR count). The molecule has 6 atom stereocenters. The zero-order valence-electron chi connectivity index (χ0n) is 68.2. The number of carbonyl (C=O) groups excluding carboxylic acids is 2. The van der Waals surface area contributed by atoms with Gasteiger partial charge in [0.25, 0.3) is 0 Å². The molecule has 8 aliphatic rings. The second-order valence-electron chi connectivity index (χ2n) is 33.8. The van der Waals surface area contributed by atoms with Crippen molar-refractivity contribution in [2.24, 2.45) is 37.8 Å². The van der Waals surface area contributed by atoms with Crippen molar-refractivity contribution in [2.75, 3.05) is 20.3 Å². The van der Waals surface area contributed by atoms with E-state index in [0.717, 1.165) is 147 Å². The monoisotopic (exact) mass is 1620 g/mol. The van der Waals surface area contributed by atoms with Crippen LogP contribution in [0.2, 0.25) is 19.6 Å². The van der Waals surface area contributed by atoms with Crippen LogP contribution in [0.1, 0.15) is 247 Å². The van der Waals surface area contributed by atoms with Gasteiger partial charge in [-0.2, -0.15) is 31.8 Å². The van der Waals surface area contributed by atoms with Crippen LogP contribution in [-0.4, -0.2) is 114 Å². The predicted molar refractivity (Wildman–Crippen MR) is 428 cm³/mol. The van der Waals surface area contributed by atoms with Crippen molar-refractivity contribution in [2.45, 2.75) is 279 Å². The van der Waals surface area contributed by atoms with Crippen LogP contribution >= 0.6 is 15.9 Å². The summed E-state index contributed by atoms with van der Waals surface area (Å²) in [6, 6.07) is 12.2. The minimum Gasteiger partial charge on any atom is -0.548 e. The van der Waals surface area contributed by atoms with Gasteiger partial charge in [-0.25, -0.2) is 9.59 Å². The SMILES string of the molecule is CC1C=C(B2OC(C)(C)C(C)(C)O2)CCC1.CC1C=C(OS(=O)(=O)C(F)(F)F)CCC1.CC1C=C(O[Si](C)(C)C)CCC1.CC1C=C(c2nn(C)c(C(OC(C)(C)C)C(=O)O)c2-c2ccc3c(c2)CCCO3)CCC1.COC(=O)C(OC(C)(C)C)c1c(-c2ccc3c(c2)CCCO3)c(Br)nn1C.O=C1C=CCCC1. The largest absolute Gasteiger partial charge is 0.548 e. The van der Waals surface area contributed by atoms with Crippen LogP contribution in [0, 0.1) is 23.7 Å². The Bertz CT molecular complexity index is 4050. The molecule has 0 saturated carbocycles. The molecule has 0 spiro atoms. The van der Waals surface area contributed by atoms with Gasteiger partial charge in [-0.15, -0.1) is 0 Å². The molecular weight excluding hydrogens is 1500 g/mol. The number of ketones is 1. The van der Waals surface area contributed by atoms with Gasteiger partial charge in [-0.1, -0.05) is 58.1 Å². The molecule has 1 fully saturated rings. The first-order valence-electron chi connectivity index (χ1n) is 38.8. The maximum atomic E-state index is 12.5. The molecular formula is C83H121BBrF3N4O15SSi. The second-order valence-corrected chi connectivity index (χ2v) is 40.5. The zero-order valence-corrected chi connectivity index (χ0v) is 71.6. The standard InChI is InChI=1S/C26H34N2O4.C20H25BrN2O4.C13H23BO2.C10H20OSi.C8H11F3O3S.C6H8O/c1-16-8-6-9-19(14-16)22-21(18-11-12-20-17(15-18)10-7-13-31-20)23(28(5)27-22)24(25(29)30)32-26(2,3)4;1-20(2,3)27-17(19(24)25-5)16-15(18(21)22-23(16)4)13-8-9-14-12(11-13)7-6-10-26-14;1-10-7-6-8-11(9-10)14-15-12(2,3)13(4,5)16-14;1-9-6-5-7-10(8-9)11-12(2,3)4;1-6-3-2-4-7(5-6)14-15(12,13)8(9,10)11;7-6-4-2-1-3-5-6/h11-12,14-16,24H,6-10,13H2,1-5H3,(H,29,30);8-9,11,17H,6-7,10H2,1-5H3;9-10H,6-8H2,1-5H3;8-9H,5-7H2,1-4H3;5-6H,2-4H2,1H3;2,4H,1,3,5H2. The number of hydrogen-bond acceptors (Lipinski definition) is 16. The van der Waals surface area contributed by atoms with Gasteiger partial charge in [0, 0.05) is 44.5 Å². The molecule has 4 aromatic rings. The van der Waals surface area contributed by atoms with Crippen LogP contribution in [-0.2, 0) is 83.6 Å². The number of nitrogens with zero attached hydrogens (tertiary/aromatic N) is 4. The van der Waals surface area contributed by atoms with Crippen molar-refractivity contribution in [1.82, 2.24) is 19.6 Å². The number of aliphatic carboxylic acids is 1. The lowest BCUT2D eigenvalue weighted by Gasteiger charge is -2.32. The number of methoxy groups -OCH3 is 1. The summed E-state index contributed by atoms with van der Waals surface area (Å²) in [5.41, 5.74) is 3.64. The van der Waals surface area contributed by atoms with E-state index in [-0.39, 0.29) is 42.2 Å². The van der Waals surface area contributed by atoms with E-state index in [4.69, 9.17) is 42.5 Å². The average molecular weight is 1620 g/mol. The zero-order chi connectivity index (χ0) is 80.8. The second kappa shape index (κ2) is 38.5. The number of carbonyl (C=O) groups is 3. The molecule has 6 unspecified atom stereocenters. The number of carboxylic acids is 1. The molecule has 3 aliphatic heterocycles. The van der Waals surface area contributed by atoms with Gasteiger partial charge in [0.05, 0.1) is 65.6 Å². The lowest BCUT2D eigenvalue weighted by molar-refractivity contribution is -0.165. The minimum absolute atomic E-state index is 0.0529. The number of ether oxygens (including phenoxy) is 5. The molecule has 109 heavy (non-hydrogen) atoms. The Hall–Kier alpha value is -6.29. The number of esters is 1. The van der Waals surface area contributed by atoms with Gasteiger partial charge in [0.2, 0.25) is 8.32 Å². The Labute approximate surface area is 656 Å². The van der Waals surface area contributed by atoms with Crippen LogP contribution in [0.25, 0.3) is 27.8 Å². The number of benzene rings is 2. The maximum absolute atomic E-state index is 12.5. The van der Waals surface area contributed by atoms with E-state index in [1.165, 1.54) is 62.1 Å². The van der Waals surface area contributed by atoms with Crippen LogP contribution in [0.5, 0.6) is 11.5 Å². The summed E-state index contributed by atoms with van der Waals surface area (Å²) in [6.45, 7) is 36.6. The number of allylic oxidation sites excluding steroid dienone is 10. The molecule has 604 valence electrons. The smallest absolute Gasteiger partial charge is 0.534 e. The predicted octanol–water partition coefficient (Wildman–Crippen LogP) is 20.5. The quantitative estimate of drug-likeness (QED) is 0.0536. The third kappa shape index (κ3) is 26.4. The van der Waals surface area contributed by atoms with Crippen molar-refractivity contribution in [3.05, 3.63) is 123 Å².